The summed E-state index contributed by atoms with van der Waals surface area (Å²) in [5, 5.41) is 0. The molecular formula is C11H11ClF2O3. The van der Waals surface area contributed by atoms with Gasteiger partial charge >= 0.3 is 6.61 Å². The Kier molecular flexibility index (Phi) is 4.15. The normalized spacial score (nSPS) is 24.2. The number of rotatable bonds is 4. The van der Waals surface area contributed by atoms with Crippen LogP contribution in [0.4, 0.5) is 8.78 Å². The highest BCUT2D eigenvalue weighted by Gasteiger charge is 2.29. The van der Waals surface area contributed by atoms with Gasteiger partial charge in [0, 0.05) is 5.56 Å². The molecule has 1 aromatic rings. The standard InChI is InChI=1S/C11H11ClF2O3/c12-5-7-6-15-10(16-7)8-3-1-2-4-9(8)17-11(13)14/h1-4,7,10-11H,5-6H2. The van der Waals surface area contributed by atoms with E-state index in [0.29, 0.717) is 18.1 Å². The molecule has 2 unspecified atom stereocenters. The number of para-hydroxylation sites is 1. The molecule has 1 aliphatic rings. The van der Waals surface area contributed by atoms with Gasteiger partial charge in [0.1, 0.15) is 5.75 Å². The average molecular weight is 265 g/mol. The van der Waals surface area contributed by atoms with E-state index in [4.69, 9.17) is 21.1 Å². The van der Waals surface area contributed by atoms with Gasteiger partial charge in [-0.3, -0.25) is 0 Å². The Hall–Kier alpha value is -0.910. The van der Waals surface area contributed by atoms with Crippen molar-refractivity contribution in [1.29, 1.82) is 0 Å². The van der Waals surface area contributed by atoms with Gasteiger partial charge in [0.15, 0.2) is 6.29 Å². The Bertz CT molecular complexity index is 375. The first-order valence-electron chi connectivity index (χ1n) is 5.07. The molecule has 6 heteroatoms. The third-order valence-corrected chi connectivity index (χ3v) is 2.65. The second kappa shape index (κ2) is 5.62. The van der Waals surface area contributed by atoms with Crippen molar-refractivity contribution in [3.05, 3.63) is 29.8 Å². The van der Waals surface area contributed by atoms with Crippen LogP contribution in [-0.4, -0.2) is 25.2 Å². The molecule has 17 heavy (non-hydrogen) atoms. The van der Waals surface area contributed by atoms with E-state index in [9.17, 15) is 8.78 Å². The minimum atomic E-state index is -2.87. The number of hydrogen-bond acceptors (Lipinski definition) is 3. The van der Waals surface area contributed by atoms with Gasteiger partial charge in [-0.05, 0) is 6.07 Å². The first kappa shape index (κ1) is 12.5. The van der Waals surface area contributed by atoms with Gasteiger partial charge in [-0.1, -0.05) is 18.2 Å². The first-order valence-corrected chi connectivity index (χ1v) is 5.61. The molecule has 1 saturated heterocycles. The zero-order valence-electron chi connectivity index (χ0n) is 8.81. The Morgan fingerprint density at radius 3 is 2.82 bits per heavy atom. The molecule has 94 valence electrons. The fourth-order valence-corrected chi connectivity index (χ4v) is 1.73. The van der Waals surface area contributed by atoms with Gasteiger partial charge in [0.05, 0.1) is 18.6 Å². The fraction of sp³-hybridized carbons (Fsp3) is 0.455. The lowest BCUT2D eigenvalue weighted by Crippen LogP contribution is -2.11. The van der Waals surface area contributed by atoms with Crippen LogP contribution in [0.15, 0.2) is 24.3 Å². The summed E-state index contributed by atoms with van der Waals surface area (Å²) in [4.78, 5) is 0. The summed E-state index contributed by atoms with van der Waals surface area (Å²) in [5.74, 6) is 0.358. The number of halogens is 3. The van der Waals surface area contributed by atoms with Crippen molar-refractivity contribution in [2.75, 3.05) is 12.5 Å². The summed E-state index contributed by atoms with van der Waals surface area (Å²) >= 11 is 5.63. The van der Waals surface area contributed by atoms with Crippen molar-refractivity contribution in [2.45, 2.75) is 19.0 Å². The van der Waals surface area contributed by atoms with Crippen LogP contribution in [0.3, 0.4) is 0 Å². The molecule has 0 N–H and O–H groups in total. The molecule has 0 saturated carbocycles. The summed E-state index contributed by atoms with van der Waals surface area (Å²) in [5.41, 5.74) is 0.445. The summed E-state index contributed by atoms with van der Waals surface area (Å²) in [6.07, 6.45) is -0.921. The van der Waals surface area contributed by atoms with Crippen LogP contribution in [0.2, 0.25) is 0 Å². The van der Waals surface area contributed by atoms with Crippen molar-refractivity contribution < 1.29 is 23.0 Å². The van der Waals surface area contributed by atoms with Crippen LogP contribution in [0.5, 0.6) is 5.75 Å². The minimum absolute atomic E-state index is 0.0581. The van der Waals surface area contributed by atoms with Crippen LogP contribution >= 0.6 is 11.6 Å². The van der Waals surface area contributed by atoms with E-state index in [0.717, 1.165) is 0 Å². The molecule has 1 aliphatic heterocycles. The summed E-state index contributed by atoms with van der Waals surface area (Å²) < 4.78 is 39.6. The molecule has 3 nitrogen and oxygen atoms in total. The van der Waals surface area contributed by atoms with E-state index in [-0.39, 0.29) is 11.9 Å². The second-order valence-electron chi connectivity index (χ2n) is 3.49. The Labute approximate surface area is 102 Å². The van der Waals surface area contributed by atoms with Gasteiger partial charge in [-0.15, -0.1) is 11.6 Å². The molecule has 2 rings (SSSR count). The van der Waals surface area contributed by atoms with E-state index in [2.05, 4.69) is 4.74 Å². The maximum atomic E-state index is 12.2. The molecule has 2 atom stereocenters. The third kappa shape index (κ3) is 3.06. The highest BCUT2D eigenvalue weighted by molar-refractivity contribution is 6.18. The van der Waals surface area contributed by atoms with Gasteiger partial charge in [0.25, 0.3) is 0 Å². The smallest absolute Gasteiger partial charge is 0.387 e. The zero-order valence-corrected chi connectivity index (χ0v) is 9.57. The van der Waals surface area contributed by atoms with Gasteiger partial charge in [-0.25, -0.2) is 0 Å². The summed E-state index contributed by atoms with van der Waals surface area (Å²) in [7, 11) is 0. The molecule has 0 aliphatic carbocycles. The monoisotopic (exact) mass is 264 g/mol. The lowest BCUT2D eigenvalue weighted by atomic mass is 10.2. The molecule has 0 radical (unpaired) electrons. The van der Waals surface area contributed by atoms with Crippen molar-refractivity contribution >= 4 is 11.6 Å². The molecule has 1 heterocycles. The van der Waals surface area contributed by atoms with Crippen molar-refractivity contribution in [3.8, 4) is 5.75 Å². The van der Waals surface area contributed by atoms with E-state index in [1.807, 2.05) is 0 Å². The van der Waals surface area contributed by atoms with E-state index in [1.54, 1.807) is 18.2 Å². The van der Waals surface area contributed by atoms with Gasteiger partial charge < -0.3 is 14.2 Å². The third-order valence-electron chi connectivity index (χ3n) is 2.31. The lowest BCUT2D eigenvalue weighted by molar-refractivity contribution is -0.0719. The highest BCUT2D eigenvalue weighted by Crippen LogP contribution is 2.34. The number of hydrogen-bond donors (Lipinski definition) is 0. The second-order valence-corrected chi connectivity index (χ2v) is 3.80. The van der Waals surface area contributed by atoms with Crippen LogP contribution in [0, 0.1) is 0 Å². The predicted molar refractivity (Wildman–Crippen MR) is 57.4 cm³/mol. The van der Waals surface area contributed by atoms with Crippen LogP contribution in [0.25, 0.3) is 0 Å². The van der Waals surface area contributed by atoms with Crippen molar-refractivity contribution in [1.82, 2.24) is 0 Å². The largest absolute Gasteiger partial charge is 0.434 e. The van der Waals surface area contributed by atoms with Crippen LogP contribution in [0.1, 0.15) is 11.9 Å². The van der Waals surface area contributed by atoms with E-state index < -0.39 is 12.9 Å². The van der Waals surface area contributed by atoms with Crippen molar-refractivity contribution in [3.63, 3.8) is 0 Å². The molecule has 0 aromatic heterocycles. The molecular weight excluding hydrogens is 254 g/mol. The quantitative estimate of drug-likeness (QED) is 0.783. The predicted octanol–water partition coefficient (Wildman–Crippen LogP) is 2.94. The van der Waals surface area contributed by atoms with Crippen LogP contribution in [-0.2, 0) is 9.47 Å². The van der Waals surface area contributed by atoms with Gasteiger partial charge in [-0.2, -0.15) is 8.78 Å². The minimum Gasteiger partial charge on any atom is -0.434 e. The van der Waals surface area contributed by atoms with Gasteiger partial charge in [0.2, 0.25) is 0 Å². The molecule has 1 aromatic carbocycles. The number of ether oxygens (including phenoxy) is 3. The Morgan fingerprint density at radius 2 is 2.18 bits per heavy atom. The molecule has 0 amide bonds. The maximum absolute atomic E-state index is 12.2. The SMILES string of the molecule is FC(F)Oc1ccccc1C1OCC(CCl)O1. The van der Waals surface area contributed by atoms with Crippen molar-refractivity contribution in [2.24, 2.45) is 0 Å². The summed E-state index contributed by atoms with van der Waals surface area (Å²) in [6, 6.07) is 6.38. The number of alkyl halides is 3. The van der Waals surface area contributed by atoms with E-state index in [1.165, 1.54) is 6.07 Å². The Balaban J connectivity index is 2.14. The summed E-state index contributed by atoms with van der Waals surface area (Å²) in [6.45, 7) is -2.53. The molecule has 0 spiro atoms. The lowest BCUT2D eigenvalue weighted by Gasteiger charge is -2.15. The van der Waals surface area contributed by atoms with E-state index >= 15 is 0 Å². The average Bonchev–Trinajstić information content (AvgIpc) is 2.77. The zero-order chi connectivity index (χ0) is 12.3. The number of benzene rings is 1. The topological polar surface area (TPSA) is 27.7 Å². The molecule has 1 fully saturated rings. The highest BCUT2D eigenvalue weighted by atomic mass is 35.5. The first-order chi connectivity index (χ1) is 8.20. The Morgan fingerprint density at radius 1 is 1.41 bits per heavy atom. The van der Waals surface area contributed by atoms with Crippen LogP contribution < -0.4 is 4.74 Å². The molecule has 0 bridgehead atoms. The maximum Gasteiger partial charge on any atom is 0.387 e. The fourth-order valence-electron chi connectivity index (χ4n) is 1.57.